The molecule has 0 spiro atoms. The molecule has 3 rings (SSSR count). The molecule has 0 aromatic heterocycles. The molecule has 3 N–H and O–H groups in total. The van der Waals surface area contributed by atoms with Gasteiger partial charge in [-0.3, -0.25) is 4.79 Å². The maximum Gasteiger partial charge on any atom is 0.254 e. The lowest BCUT2D eigenvalue weighted by atomic mass is 9.85. The van der Waals surface area contributed by atoms with Gasteiger partial charge in [0.1, 0.15) is 0 Å². The molecule has 0 aliphatic carbocycles. The van der Waals surface area contributed by atoms with Gasteiger partial charge in [0, 0.05) is 22.9 Å². The largest absolute Gasteiger partial charge is 0.402 e. The number of nitrogens with two attached hydrogens (primary N) is 1. The lowest BCUT2D eigenvalue weighted by molar-refractivity contribution is -0.116. The average molecular weight is 290 g/mol. The molecule has 1 heterocycles. The highest BCUT2D eigenvalue weighted by Gasteiger charge is 2.28. The summed E-state index contributed by atoms with van der Waals surface area (Å²) in [4.78, 5) is 12.5. The first-order valence-electron chi connectivity index (χ1n) is 7.26. The van der Waals surface area contributed by atoms with Crippen LogP contribution in [0.25, 0.3) is 5.70 Å². The summed E-state index contributed by atoms with van der Waals surface area (Å²) in [6, 6.07) is 19.8. The molecule has 0 saturated heterocycles. The van der Waals surface area contributed by atoms with Crippen LogP contribution < -0.4 is 11.1 Å². The summed E-state index contributed by atoms with van der Waals surface area (Å²) in [7, 11) is 0. The number of nitrogens with one attached hydrogen (secondary N) is 1. The molecule has 1 unspecified atom stereocenters. The summed E-state index contributed by atoms with van der Waals surface area (Å²) in [5, 5.41) is 2.95. The molecule has 2 aromatic carbocycles. The molecule has 22 heavy (non-hydrogen) atoms. The van der Waals surface area contributed by atoms with Crippen LogP contribution in [0.2, 0.25) is 0 Å². The van der Waals surface area contributed by atoms with Crippen LogP contribution in [-0.4, -0.2) is 5.91 Å². The number of rotatable bonds is 2. The zero-order valence-electron chi connectivity index (χ0n) is 12.4. The number of hydrogen-bond donors (Lipinski definition) is 2. The third-order valence-electron chi connectivity index (χ3n) is 3.81. The van der Waals surface area contributed by atoms with Gasteiger partial charge in [0.05, 0.1) is 0 Å². The van der Waals surface area contributed by atoms with Gasteiger partial charge in [-0.15, -0.1) is 0 Å². The standard InChI is InChI=1S/C19H18N2O/c1-13(20)18-16(14-8-4-2-5-9-14)12-17(21-19(18)22)15-10-6-3-7-11-15/h2-12,16H,20H2,1H3,(H,21,22). The van der Waals surface area contributed by atoms with Gasteiger partial charge < -0.3 is 11.1 Å². The summed E-state index contributed by atoms with van der Waals surface area (Å²) < 4.78 is 0. The molecular weight excluding hydrogens is 272 g/mol. The Labute approximate surface area is 130 Å². The first kappa shape index (κ1) is 14.1. The summed E-state index contributed by atoms with van der Waals surface area (Å²) in [6.45, 7) is 1.77. The molecule has 0 bridgehead atoms. The van der Waals surface area contributed by atoms with E-state index in [2.05, 4.69) is 11.4 Å². The predicted octanol–water partition coefficient (Wildman–Crippen LogP) is 3.17. The fourth-order valence-electron chi connectivity index (χ4n) is 2.76. The van der Waals surface area contributed by atoms with Gasteiger partial charge in [0.25, 0.3) is 5.91 Å². The molecule has 1 amide bonds. The number of carbonyl (C=O) groups excluding carboxylic acids is 1. The second kappa shape index (κ2) is 5.90. The summed E-state index contributed by atoms with van der Waals surface area (Å²) >= 11 is 0. The van der Waals surface area contributed by atoms with Crippen LogP contribution >= 0.6 is 0 Å². The van der Waals surface area contributed by atoms with E-state index in [4.69, 9.17) is 5.73 Å². The molecular formula is C19H18N2O. The highest BCUT2D eigenvalue weighted by atomic mass is 16.1. The SMILES string of the molecule is CC(N)=C1C(=O)NC(c2ccccc2)=CC1c1ccccc1. The first-order chi connectivity index (χ1) is 10.7. The van der Waals surface area contributed by atoms with E-state index in [1.54, 1.807) is 6.92 Å². The zero-order chi connectivity index (χ0) is 15.5. The minimum Gasteiger partial charge on any atom is -0.402 e. The third-order valence-corrected chi connectivity index (χ3v) is 3.81. The smallest absolute Gasteiger partial charge is 0.254 e. The van der Waals surface area contributed by atoms with E-state index >= 15 is 0 Å². The van der Waals surface area contributed by atoms with Crippen LogP contribution in [0.15, 0.2) is 78.0 Å². The molecule has 0 radical (unpaired) electrons. The number of benzene rings is 2. The van der Waals surface area contributed by atoms with E-state index in [0.717, 1.165) is 16.8 Å². The highest BCUT2D eigenvalue weighted by Crippen LogP contribution is 2.33. The van der Waals surface area contributed by atoms with Crippen molar-refractivity contribution < 1.29 is 4.79 Å². The first-order valence-corrected chi connectivity index (χ1v) is 7.26. The Bertz CT molecular complexity index is 742. The highest BCUT2D eigenvalue weighted by molar-refractivity contribution is 6.03. The molecule has 0 saturated carbocycles. The number of hydrogen-bond acceptors (Lipinski definition) is 2. The quantitative estimate of drug-likeness (QED) is 0.835. The van der Waals surface area contributed by atoms with Crippen LogP contribution in [-0.2, 0) is 4.79 Å². The summed E-state index contributed by atoms with van der Waals surface area (Å²) in [6.07, 6.45) is 2.07. The summed E-state index contributed by atoms with van der Waals surface area (Å²) in [5.74, 6) is -0.259. The predicted molar refractivity (Wildman–Crippen MR) is 88.6 cm³/mol. The maximum atomic E-state index is 12.5. The van der Waals surface area contributed by atoms with Crippen LogP contribution in [0, 0.1) is 0 Å². The van der Waals surface area contributed by atoms with Gasteiger partial charge in [-0.05, 0) is 24.1 Å². The van der Waals surface area contributed by atoms with Gasteiger partial charge in [-0.1, -0.05) is 60.7 Å². The second-order valence-corrected chi connectivity index (χ2v) is 5.39. The van der Waals surface area contributed by atoms with E-state index < -0.39 is 0 Å². The molecule has 1 aliphatic rings. The van der Waals surface area contributed by atoms with Crippen molar-refractivity contribution in [3.8, 4) is 0 Å². The van der Waals surface area contributed by atoms with Crippen molar-refractivity contribution in [3.63, 3.8) is 0 Å². The Hall–Kier alpha value is -2.81. The minimum atomic E-state index is -0.129. The number of amides is 1. The Morgan fingerprint density at radius 3 is 2.18 bits per heavy atom. The number of carbonyl (C=O) groups is 1. The van der Waals surface area contributed by atoms with Crippen molar-refractivity contribution in [1.29, 1.82) is 0 Å². The third kappa shape index (κ3) is 2.66. The van der Waals surface area contributed by atoms with Crippen LogP contribution in [0.5, 0.6) is 0 Å². The second-order valence-electron chi connectivity index (χ2n) is 5.39. The Balaban J connectivity index is 2.13. The van der Waals surface area contributed by atoms with Gasteiger partial charge in [0.15, 0.2) is 0 Å². The number of allylic oxidation sites excluding steroid dienone is 2. The van der Waals surface area contributed by atoms with E-state index in [1.165, 1.54) is 0 Å². The summed E-state index contributed by atoms with van der Waals surface area (Å²) in [5.41, 5.74) is 10.0. The molecule has 2 aromatic rings. The van der Waals surface area contributed by atoms with E-state index in [1.807, 2.05) is 60.7 Å². The van der Waals surface area contributed by atoms with E-state index in [-0.39, 0.29) is 11.8 Å². The Morgan fingerprint density at radius 2 is 1.59 bits per heavy atom. The van der Waals surface area contributed by atoms with Gasteiger partial charge in [-0.2, -0.15) is 0 Å². The fraction of sp³-hybridized carbons (Fsp3) is 0.105. The van der Waals surface area contributed by atoms with Crippen molar-refractivity contribution >= 4 is 11.6 Å². The maximum absolute atomic E-state index is 12.5. The lowest BCUT2D eigenvalue weighted by Gasteiger charge is -2.26. The topological polar surface area (TPSA) is 55.1 Å². The van der Waals surface area contributed by atoms with Gasteiger partial charge in [-0.25, -0.2) is 0 Å². The van der Waals surface area contributed by atoms with Crippen molar-refractivity contribution in [2.24, 2.45) is 5.73 Å². The van der Waals surface area contributed by atoms with Crippen molar-refractivity contribution in [1.82, 2.24) is 5.32 Å². The van der Waals surface area contributed by atoms with Crippen molar-refractivity contribution in [3.05, 3.63) is 89.1 Å². The van der Waals surface area contributed by atoms with E-state index in [9.17, 15) is 4.79 Å². The van der Waals surface area contributed by atoms with E-state index in [0.29, 0.717) is 11.3 Å². The molecule has 3 heteroatoms. The molecule has 110 valence electrons. The van der Waals surface area contributed by atoms with Gasteiger partial charge >= 0.3 is 0 Å². The molecule has 1 atom stereocenters. The minimum absolute atomic E-state index is 0.129. The van der Waals surface area contributed by atoms with Crippen molar-refractivity contribution in [2.75, 3.05) is 0 Å². The normalized spacial score (nSPS) is 20.1. The van der Waals surface area contributed by atoms with Crippen LogP contribution in [0.4, 0.5) is 0 Å². The zero-order valence-corrected chi connectivity index (χ0v) is 12.4. The fourth-order valence-corrected chi connectivity index (χ4v) is 2.76. The Kier molecular flexibility index (Phi) is 3.79. The molecule has 0 fully saturated rings. The van der Waals surface area contributed by atoms with Crippen molar-refractivity contribution in [2.45, 2.75) is 12.8 Å². The molecule has 1 aliphatic heterocycles. The van der Waals surface area contributed by atoms with Crippen LogP contribution in [0.3, 0.4) is 0 Å². The molecule has 3 nitrogen and oxygen atoms in total. The lowest BCUT2D eigenvalue weighted by Crippen LogP contribution is -2.32. The van der Waals surface area contributed by atoms with Gasteiger partial charge in [0.2, 0.25) is 0 Å². The average Bonchev–Trinajstić information content (AvgIpc) is 2.55. The monoisotopic (exact) mass is 290 g/mol. The van der Waals surface area contributed by atoms with Crippen LogP contribution in [0.1, 0.15) is 24.0 Å². The Morgan fingerprint density at radius 1 is 1.00 bits per heavy atom.